The van der Waals surface area contributed by atoms with E-state index < -0.39 is 0 Å². The molecule has 5 heteroatoms. The van der Waals surface area contributed by atoms with Crippen LogP contribution in [0.5, 0.6) is 0 Å². The number of benzene rings is 1. The molecular formula is C12H14N4S. The first-order valence-corrected chi connectivity index (χ1v) is 6.31. The van der Waals surface area contributed by atoms with Gasteiger partial charge in [-0.3, -0.25) is 5.10 Å². The Balaban J connectivity index is 0.000000514. The van der Waals surface area contributed by atoms with Crippen molar-refractivity contribution in [2.24, 2.45) is 0 Å². The molecule has 3 N–H and O–H groups in total. The van der Waals surface area contributed by atoms with Crippen molar-refractivity contribution in [2.75, 3.05) is 5.73 Å². The number of aromatic amines is 1. The van der Waals surface area contributed by atoms with Gasteiger partial charge in [0.15, 0.2) is 0 Å². The van der Waals surface area contributed by atoms with Crippen LogP contribution in [0.4, 0.5) is 5.69 Å². The molecule has 0 saturated carbocycles. The summed E-state index contributed by atoms with van der Waals surface area (Å²) in [5, 5.41) is 7.62. The summed E-state index contributed by atoms with van der Waals surface area (Å²) in [6.07, 6.45) is 1.60. The number of hydrogen-bond acceptors (Lipinski definition) is 4. The molecule has 0 atom stereocenters. The Morgan fingerprint density at radius 1 is 1.24 bits per heavy atom. The van der Waals surface area contributed by atoms with Crippen LogP contribution >= 0.6 is 11.3 Å². The first-order chi connectivity index (χ1) is 8.34. The number of thiazole rings is 1. The van der Waals surface area contributed by atoms with Gasteiger partial charge in [-0.25, -0.2) is 4.98 Å². The van der Waals surface area contributed by atoms with Gasteiger partial charge in [0.1, 0.15) is 10.7 Å². The third-order valence-corrected chi connectivity index (χ3v) is 3.23. The predicted octanol–water partition coefficient (Wildman–Crippen LogP) is 3.29. The van der Waals surface area contributed by atoms with E-state index in [-0.39, 0.29) is 0 Å². The van der Waals surface area contributed by atoms with Gasteiger partial charge >= 0.3 is 0 Å². The van der Waals surface area contributed by atoms with Crippen molar-refractivity contribution >= 4 is 27.2 Å². The zero-order chi connectivity index (χ0) is 12.3. The van der Waals surface area contributed by atoms with E-state index in [2.05, 4.69) is 15.2 Å². The van der Waals surface area contributed by atoms with E-state index in [1.54, 1.807) is 17.5 Å². The Bertz CT molecular complexity index is 579. The molecule has 0 spiro atoms. The van der Waals surface area contributed by atoms with Crippen LogP contribution in [0.3, 0.4) is 0 Å². The number of hydrogen-bond donors (Lipinski definition) is 2. The second kappa shape index (κ2) is 4.97. The SMILES string of the molecule is CC.Nc1cn[nH]c1-c1nc2ccccc2s1. The highest BCUT2D eigenvalue weighted by Crippen LogP contribution is 2.31. The van der Waals surface area contributed by atoms with Crippen molar-refractivity contribution in [3.63, 3.8) is 0 Å². The standard InChI is InChI=1S/C10H8N4S.C2H6/c11-6-5-12-14-9(6)10-13-7-3-1-2-4-8(7)15-10;1-2/h1-5H,11H2,(H,12,14);1-2H3. The van der Waals surface area contributed by atoms with Crippen LogP contribution in [0.15, 0.2) is 30.5 Å². The number of para-hydroxylation sites is 1. The molecule has 4 nitrogen and oxygen atoms in total. The van der Waals surface area contributed by atoms with Crippen LogP contribution in [0.25, 0.3) is 20.9 Å². The lowest BCUT2D eigenvalue weighted by molar-refractivity contribution is 1.09. The van der Waals surface area contributed by atoms with Gasteiger partial charge in [-0.2, -0.15) is 5.10 Å². The van der Waals surface area contributed by atoms with Gasteiger partial charge < -0.3 is 5.73 Å². The number of nitrogens with one attached hydrogen (secondary N) is 1. The predicted molar refractivity (Wildman–Crippen MR) is 73.0 cm³/mol. The quantitative estimate of drug-likeness (QED) is 0.692. The average molecular weight is 246 g/mol. The molecule has 2 aromatic heterocycles. The first-order valence-electron chi connectivity index (χ1n) is 5.49. The zero-order valence-electron chi connectivity index (χ0n) is 9.77. The molecule has 0 aliphatic heterocycles. The number of fused-ring (bicyclic) bond motifs is 1. The molecule has 3 rings (SSSR count). The van der Waals surface area contributed by atoms with Crippen LogP contribution in [0, 0.1) is 0 Å². The molecule has 3 aromatic rings. The van der Waals surface area contributed by atoms with Crippen LogP contribution in [0.1, 0.15) is 13.8 Å². The molecule has 0 radical (unpaired) electrons. The Labute approximate surface area is 104 Å². The van der Waals surface area contributed by atoms with Gasteiger partial charge in [0.25, 0.3) is 0 Å². The first kappa shape index (κ1) is 11.6. The molecule has 0 aliphatic rings. The van der Waals surface area contributed by atoms with E-state index in [0.717, 1.165) is 20.9 Å². The summed E-state index contributed by atoms with van der Waals surface area (Å²) < 4.78 is 1.15. The Hall–Kier alpha value is -1.88. The number of aromatic nitrogens is 3. The minimum absolute atomic E-state index is 0.633. The van der Waals surface area contributed by atoms with Gasteiger partial charge in [-0.15, -0.1) is 11.3 Å². The molecule has 2 heterocycles. The Kier molecular flexibility index (Phi) is 3.39. The van der Waals surface area contributed by atoms with Crippen molar-refractivity contribution in [1.29, 1.82) is 0 Å². The fourth-order valence-corrected chi connectivity index (χ4v) is 2.43. The third-order valence-electron chi connectivity index (χ3n) is 2.18. The summed E-state index contributed by atoms with van der Waals surface area (Å²) in [5.41, 5.74) is 8.19. The summed E-state index contributed by atoms with van der Waals surface area (Å²) in [6.45, 7) is 4.00. The van der Waals surface area contributed by atoms with Crippen LogP contribution in [-0.4, -0.2) is 15.2 Å². The van der Waals surface area contributed by atoms with Crippen LogP contribution < -0.4 is 5.73 Å². The third kappa shape index (κ3) is 2.14. The van der Waals surface area contributed by atoms with E-state index in [1.165, 1.54) is 0 Å². The van der Waals surface area contributed by atoms with E-state index in [4.69, 9.17) is 5.73 Å². The number of rotatable bonds is 1. The van der Waals surface area contributed by atoms with E-state index >= 15 is 0 Å². The van der Waals surface area contributed by atoms with Gasteiger partial charge in [0, 0.05) is 0 Å². The summed E-state index contributed by atoms with van der Waals surface area (Å²) in [7, 11) is 0. The minimum Gasteiger partial charge on any atom is -0.396 e. The van der Waals surface area contributed by atoms with Crippen molar-refractivity contribution in [2.45, 2.75) is 13.8 Å². The fourth-order valence-electron chi connectivity index (χ4n) is 1.45. The zero-order valence-corrected chi connectivity index (χ0v) is 10.6. The van der Waals surface area contributed by atoms with Crippen molar-refractivity contribution in [3.05, 3.63) is 30.5 Å². The lowest BCUT2D eigenvalue weighted by atomic mass is 10.3. The van der Waals surface area contributed by atoms with Crippen molar-refractivity contribution < 1.29 is 0 Å². The Morgan fingerprint density at radius 3 is 2.65 bits per heavy atom. The molecule has 0 amide bonds. The smallest absolute Gasteiger partial charge is 0.144 e. The number of nitrogen functional groups attached to an aromatic ring is 1. The number of nitrogens with two attached hydrogens (primary N) is 1. The van der Waals surface area contributed by atoms with Crippen molar-refractivity contribution in [1.82, 2.24) is 15.2 Å². The fraction of sp³-hybridized carbons (Fsp3) is 0.167. The molecule has 0 fully saturated rings. The highest BCUT2D eigenvalue weighted by Gasteiger charge is 2.09. The average Bonchev–Trinajstić information content (AvgIpc) is 2.96. The molecule has 0 bridgehead atoms. The monoisotopic (exact) mass is 246 g/mol. The number of nitrogens with zero attached hydrogens (tertiary/aromatic N) is 2. The maximum atomic E-state index is 5.77. The summed E-state index contributed by atoms with van der Waals surface area (Å²) in [5.74, 6) is 0. The Morgan fingerprint density at radius 2 is 2.00 bits per heavy atom. The number of anilines is 1. The molecule has 0 aliphatic carbocycles. The van der Waals surface area contributed by atoms with Gasteiger partial charge in [-0.1, -0.05) is 26.0 Å². The summed E-state index contributed by atoms with van der Waals surface area (Å²) in [4.78, 5) is 4.48. The maximum absolute atomic E-state index is 5.77. The van der Waals surface area contributed by atoms with Crippen LogP contribution in [-0.2, 0) is 0 Å². The molecule has 17 heavy (non-hydrogen) atoms. The van der Waals surface area contributed by atoms with E-state index in [9.17, 15) is 0 Å². The highest BCUT2D eigenvalue weighted by atomic mass is 32.1. The van der Waals surface area contributed by atoms with Gasteiger partial charge in [0.2, 0.25) is 0 Å². The summed E-state index contributed by atoms with van der Waals surface area (Å²) >= 11 is 1.61. The highest BCUT2D eigenvalue weighted by molar-refractivity contribution is 7.21. The molecule has 0 unspecified atom stereocenters. The molecule has 88 valence electrons. The summed E-state index contributed by atoms with van der Waals surface area (Å²) in [6, 6.07) is 8.01. The molecular weight excluding hydrogens is 232 g/mol. The lowest BCUT2D eigenvalue weighted by Crippen LogP contribution is -1.85. The van der Waals surface area contributed by atoms with Crippen molar-refractivity contribution in [3.8, 4) is 10.7 Å². The number of H-pyrrole nitrogens is 1. The van der Waals surface area contributed by atoms with Gasteiger partial charge in [-0.05, 0) is 12.1 Å². The van der Waals surface area contributed by atoms with E-state index in [1.807, 2.05) is 38.1 Å². The lowest BCUT2D eigenvalue weighted by Gasteiger charge is -1.90. The normalized spacial score (nSPS) is 10.0. The topological polar surface area (TPSA) is 67.6 Å². The second-order valence-corrected chi connectivity index (χ2v) is 4.22. The molecule has 1 aromatic carbocycles. The largest absolute Gasteiger partial charge is 0.396 e. The molecule has 0 saturated heterocycles. The van der Waals surface area contributed by atoms with Crippen LogP contribution in [0.2, 0.25) is 0 Å². The minimum atomic E-state index is 0.633. The second-order valence-electron chi connectivity index (χ2n) is 3.19. The van der Waals surface area contributed by atoms with Gasteiger partial charge in [0.05, 0.1) is 22.1 Å². The maximum Gasteiger partial charge on any atom is 0.144 e. The van der Waals surface area contributed by atoms with E-state index in [0.29, 0.717) is 5.69 Å².